The fourth-order valence-electron chi connectivity index (χ4n) is 0.750. The van der Waals surface area contributed by atoms with Gasteiger partial charge in [0.25, 0.3) is 0 Å². The van der Waals surface area contributed by atoms with Crippen molar-refractivity contribution in [2.75, 3.05) is 13.2 Å². The van der Waals surface area contributed by atoms with Crippen LogP contribution in [0.1, 0.15) is 20.3 Å². The lowest BCUT2D eigenvalue weighted by Crippen LogP contribution is -2.45. The molecule has 0 fully saturated rings. The quantitative estimate of drug-likeness (QED) is 0.555. The number of rotatable bonds is 5. The van der Waals surface area contributed by atoms with Crippen molar-refractivity contribution < 1.29 is 15.0 Å². The Morgan fingerprint density at radius 1 is 1.62 bits per heavy atom. The predicted molar refractivity (Wildman–Crippen MR) is 49.9 cm³/mol. The maximum absolute atomic E-state index is 11.2. The molecule has 0 bridgehead atoms. The molecule has 0 saturated heterocycles. The van der Waals surface area contributed by atoms with Gasteiger partial charge in [-0.3, -0.25) is 4.79 Å². The van der Waals surface area contributed by atoms with E-state index in [1.807, 2.05) is 0 Å². The molecule has 0 aromatic carbocycles. The fraction of sp³-hybridized carbons (Fsp3) is 0.778. The zero-order chi connectivity index (χ0) is 10.5. The molecule has 13 heavy (non-hydrogen) atoms. The van der Waals surface area contributed by atoms with Gasteiger partial charge in [0.15, 0.2) is 0 Å². The van der Waals surface area contributed by atoms with E-state index in [1.165, 1.54) is 0 Å². The number of hydrogen-bond donors (Lipinski definition) is 3. The van der Waals surface area contributed by atoms with Gasteiger partial charge >= 0.3 is 0 Å². The lowest BCUT2D eigenvalue weighted by Gasteiger charge is -2.26. The van der Waals surface area contributed by atoms with Crippen LogP contribution in [0.3, 0.4) is 0 Å². The summed E-state index contributed by atoms with van der Waals surface area (Å²) in [5, 5.41) is 20.9. The van der Waals surface area contributed by atoms with E-state index < -0.39 is 17.4 Å². The summed E-state index contributed by atoms with van der Waals surface area (Å²) in [5.41, 5.74) is -0.800. The van der Waals surface area contributed by atoms with E-state index in [4.69, 9.17) is 5.11 Å². The van der Waals surface area contributed by atoms with Crippen LogP contribution < -0.4 is 5.32 Å². The van der Waals surface area contributed by atoms with Crippen molar-refractivity contribution in [3.05, 3.63) is 6.92 Å². The predicted octanol–water partition coefficient (Wildman–Crippen LogP) is -0.294. The Kier molecular flexibility index (Phi) is 4.95. The summed E-state index contributed by atoms with van der Waals surface area (Å²) < 4.78 is 0. The van der Waals surface area contributed by atoms with Gasteiger partial charge in [-0.1, -0.05) is 20.8 Å². The van der Waals surface area contributed by atoms with Gasteiger partial charge in [-0.25, -0.2) is 0 Å². The van der Waals surface area contributed by atoms with Gasteiger partial charge in [-0.2, -0.15) is 0 Å². The largest absolute Gasteiger partial charge is 0.396 e. The van der Waals surface area contributed by atoms with E-state index in [1.54, 1.807) is 13.8 Å². The molecule has 0 heterocycles. The van der Waals surface area contributed by atoms with Crippen LogP contribution in [0.25, 0.3) is 0 Å². The Hall–Kier alpha value is -0.610. The van der Waals surface area contributed by atoms with Crippen LogP contribution >= 0.6 is 0 Å². The van der Waals surface area contributed by atoms with Crippen LogP contribution in [0.15, 0.2) is 0 Å². The van der Waals surface area contributed by atoms with Crippen LogP contribution in [0.4, 0.5) is 0 Å². The fourth-order valence-corrected chi connectivity index (χ4v) is 0.750. The third-order valence-electron chi connectivity index (χ3n) is 1.87. The Morgan fingerprint density at radius 2 is 2.15 bits per heavy atom. The average Bonchev–Trinajstić information content (AvgIpc) is 2.12. The Bertz CT molecular complexity index is 168. The summed E-state index contributed by atoms with van der Waals surface area (Å²) in [7, 11) is 0. The molecule has 0 aliphatic rings. The van der Waals surface area contributed by atoms with Crippen molar-refractivity contribution in [1.82, 2.24) is 5.32 Å². The van der Waals surface area contributed by atoms with Gasteiger partial charge in [-0.05, 0) is 6.42 Å². The standard InChI is InChI=1S/C9H18NO3/c1-4-5-10-8(13)7(12)9(2,3)6-11/h7,11-12H,1,4-6H2,2-3H3,(H,10,13). The third-order valence-corrected chi connectivity index (χ3v) is 1.87. The number of hydrogen-bond acceptors (Lipinski definition) is 3. The molecule has 0 aliphatic carbocycles. The molecule has 4 heteroatoms. The van der Waals surface area contributed by atoms with E-state index in [0.717, 1.165) is 0 Å². The number of aliphatic hydroxyl groups is 2. The van der Waals surface area contributed by atoms with E-state index in [2.05, 4.69) is 12.2 Å². The van der Waals surface area contributed by atoms with Crippen molar-refractivity contribution in [2.24, 2.45) is 5.41 Å². The second-order valence-electron chi connectivity index (χ2n) is 3.69. The van der Waals surface area contributed by atoms with E-state index >= 15 is 0 Å². The second-order valence-corrected chi connectivity index (χ2v) is 3.69. The van der Waals surface area contributed by atoms with Gasteiger partial charge < -0.3 is 15.5 Å². The molecule has 0 aromatic heterocycles. The number of aliphatic hydroxyl groups excluding tert-OH is 2. The second kappa shape index (κ2) is 5.19. The first kappa shape index (κ1) is 12.4. The minimum atomic E-state index is -1.18. The number of amides is 1. The van der Waals surface area contributed by atoms with E-state index in [0.29, 0.717) is 13.0 Å². The minimum Gasteiger partial charge on any atom is -0.396 e. The first-order valence-corrected chi connectivity index (χ1v) is 4.31. The molecule has 1 amide bonds. The van der Waals surface area contributed by atoms with Crippen LogP contribution in [0.5, 0.6) is 0 Å². The van der Waals surface area contributed by atoms with Gasteiger partial charge in [0.2, 0.25) is 5.91 Å². The molecule has 1 radical (unpaired) electrons. The topological polar surface area (TPSA) is 69.6 Å². The highest BCUT2D eigenvalue weighted by atomic mass is 16.3. The normalized spacial score (nSPS) is 13.9. The molecule has 0 spiro atoms. The monoisotopic (exact) mass is 188 g/mol. The Balaban J connectivity index is 4.09. The van der Waals surface area contributed by atoms with Crippen molar-refractivity contribution >= 4 is 5.91 Å². The van der Waals surface area contributed by atoms with Gasteiger partial charge in [-0.15, -0.1) is 0 Å². The molecule has 0 aromatic rings. The zero-order valence-electron chi connectivity index (χ0n) is 8.21. The lowest BCUT2D eigenvalue weighted by atomic mass is 9.87. The summed E-state index contributed by atoms with van der Waals surface area (Å²) in [5.74, 6) is -0.456. The molecule has 1 unspecified atom stereocenters. The highest BCUT2D eigenvalue weighted by Gasteiger charge is 2.32. The van der Waals surface area contributed by atoms with Crippen molar-refractivity contribution in [3.63, 3.8) is 0 Å². The molecule has 0 saturated carbocycles. The summed E-state index contributed by atoms with van der Waals surface area (Å²) in [6.07, 6.45) is -0.595. The molecular formula is C9H18NO3. The highest BCUT2D eigenvalue weighted by molar-refractivity contribution is 5.81. The van der Waals surface area contributed by atoms with Crippen molar-refractivity contribution in [2.45, 2.75) is 26.4 Å². The molecule has 77 valence electrons. The van der Waals surface area contributed by atoms with Gasteiger partial charge in [0.1, 0.15) is 6.10 Å². The zero-order valence-corrected chi connectivity index (χ0v) is 8.21. The van der Waals surface area contributed by atoms with Crippen LogP contribution in [-0.4, -0.2) is 35.4 Å². The smallest absolute Gasteiger partial charge is 0.249 e. The summed E-state index contributed by atoms with van der Waals surface area (Å²) in [4.78, 5) is 11.2. The minimum absolute atomic E-state index is 0.230. The van der Waals surface area contributed by atoms with Gasteiger partial charge in [0, 0.05) is 12.0 Å². The molecule has 1 atom stereocenters. The summed E-state index contributed by atoms with van der Waals surface area (Å²) in [6.45, 7) is 7.02. The molecular weight excluding hydrogens is 170 g/mol. The molecule has 4 nitrogen and oxygen atoms in total. The Morgan fingerprint density at radius 3 is 2.54 bits per heavy atom. The summed E-state index contributed by atoms with van der Waals surface area (Å²) in [6, 6.07) is 0. The maximum Gasteiger partial charge on any atom is 0.249 e. The number of nitrogens with one attached hydrogen (secondary N) is 1. The molecule has 0 aliphatic heterocycles. The first-order chi connectivity index (χ1) is 5.95. The van der Waals surface area contributed by atoms with Crippen LogP contribution in [-0.2, 0) is 4.79 Å². The lowest BCUT2D eigenvalue weighted by molar-refractivity contribution is -0.137. The van der Waals surface area contributed by atoms with Crippen LogP contribution in [0.2, 0.25) is 0 Å². The highest BCUT2D eigenvalue weighted by Crippen LogP contribution is 2.19. The molecule has 0 rings (SSSR count). The van der Waals surface area contributed by atoms with Crippen molar-refractivity contribution in [3.8, 4) is 0 Å². The number of carbonyl (C=O) groups is 1. The van der Waals surface area contributed by atoms with Crippen molar-refractivity contribution in [1.29, 1.82) is 0 Å². The van der Waals surface area contributed by atoms with E-state index in [9.17, 15) is 9.90 Å². The summed E-state index contributed by atoms with van der Waals surface area (Å²) >= 11 is 0. The Labute approximate surface area is 79.0 Å². The number of carbonyl (C=O) groups excluding carboxylic acids is 1. The third kappa shape index (κ3) is 3.74. The van der Waals surface area contributed by atoms with Crippen LogP contribution in [0, 0.1) is 12.3 Å². The maximum atomic E-state index is 11.2. The van der Waals surface area contributed by atoms with E-state index in [-0.39, 0.29) is 6.61 Å². The first-order valence-electron chi connectivity index (χ1n) is 4.31. The molecule has 3 N–H and O–H groups in total. The average molecular weight is 188 g/mol. The SMILES string of the molecule is [CH2]CCNC(=O)C(O)C(C)(C)CO. The van der Waals surface area contributed by atoms with Gasteiger partial charge in [0.05, 0.1) is 6.61 Å².